The Morgan fingerprint density at radius 3 is 1.93 bits per heavy atom. The summed E-state index contributed by atoms with van der Waals surface area (Å²) in [7, 11) is 0. The second-order valence-electron chi connectivity index (χ2n) is 5.15. The minimum absolute atomic E-state index is 0.397. The van der Waals surface area contributed by atoms with Crippen molar-refractivity contribution in [1.29, 1.82) is 0 Å². The molecule has 0 aliphatic heterocycles. The van der Waals surface area contributed by atoms with Crippen LogP contribution in [0.15, 0.2) is 0 Å². The van der Waals surface area contributed by atoms with Gasteiger partial charge in [0.05, 0.1) is 0 Å². The van der Waals surface area contributed by atoms with E-state index in [4.69, 9.17) is 5.73 Å². The molecule has 0 saturated heterocycles. The quantitative estimate of drug-likeness (QED) is 0.754. The van der Waals surface area contributed by atoms with Gasteiger partial charge in [0.15, 0.2) is 0 Å². The van der Waals surface area contributed by atoms with Crippen molar-refractivity contribution in [2.24, 2.45) is 5.73 Å². The highest BCUT2D eigenvalue weighted by Crippen LogP contribution is 2.25. The molecule has 2 nitrogen and oxygen atoms in total. The zero-order valence-electron chi connectivity index (χ0n) is 10.2. The molecule has 2 heteroatoms. The van der Waals surface area contributed by atoms with E-state index in [-0.39, 0.29) is 0 Å². The van der Waals surface area contributed by atoms with Crippen LogP contribution in [-0.4, -0.2) is 29.1 Å². The van der Waals surface area contributed by atoms with E-state index >= 15 is 0 Å². The van der Waals surface area contributed by atoms with Crippen LogP contribution >= 0.6 is 0 Å². The van der Waals surface area contributed by atoms with E-state index in [9.17, 15) is 0 Å². The van der Waals surface area contributed by atoms with Crippen LogP contribution in [0.1, 0.15) is 53.4 Å². The van der Waals surface area contributed by atoms with Gasteiger partial charge in [-0.05, 0) is 40.5 Å². The maximum Gasteiger partial charge on any atom is 0.0252 e. The number of nitrogens with zero attached hydrogens (tertiary/aromatic N) is 1. The first-order valence-corrected chi connectivity index (χ1v) is 6.07. The molecule has 0 aromatic rings. The second kappa shape index (κ2) is 5.13. The predicted octanol–water partition coefficient (Wildman–Crippen LogP) is 2.38. The molecule has 0 aromatic heterocycles. The third-order valence-electron chi connectivity index (χ3n) is 3.36. The summed E-state index contributed by atoms with van der Waals surface area (Å²) in [6.45, 7) is 9.12. The van der Waals surface area contributed by atoms with Gasteiger partial charge in [0.1, 0.15) is 0 Å². The van der Waals surface area contributed by atoms with Crippen molar-refractivity contribution in [3.05, 3.63) is 0 Å². The normalized spacial score (nSPS) is 29.1. The van der Waals surface area contributed by atoms with E-state index in [1.807, 2.05) is 0 Å². The van der Waals surface area contributed by atoms with E-state index in [0.717, 1.165) is 0 Å². The molecule has 0 spiro atoms. The van der Waals surface area contributed by atoms with Gasteiger partial charge in [-0.25, -0.2) is 0 Å². The fourth-order valence-electron chi connectivity index (χ4n) is 2.87. The smallest absolute Gasteiger partial charge is 0.0252 e. The predicted molar refractivity (Wildman–Crippen MR) is 62.3 cm³/mol. The number of nitrogens with two attached hydrogens (primary N) is 1. The Balaban J connectivity index is 2.65. The van der Waals surface area contributed by atoms with Crippen LogP contribution < -0.4 is 5.73 Å². The molecule has 1 aliphatic carbocycles. The van der Waals surface area contributed by atoms with E-state index < -0.39 is 0 Å². The highest BCUT2D eigenvalue weighted by Gasteiger charge is 2.30. The van der Waals surface area contributed by atoms with Crippen molar-refractivity contribution in [1.82, 2.24) is 4.90 Å². The molecular weight excluding hydrogens is 172 g/mol. The summed E-state index contributed by atoms with van der Waals surface area (Å²) in [5.74, 6) is 0. The highest BCUT2D eigenvalue weighted by molar-refractivity contribution is 4.88. The summed E-state index contributed by atoms with van der Waals surface area (Å²) in [5.41, 5.74) is 6.21. The highest BCUT2D eigenvalue weighted by atomic mass is 15.2. The maximum absolute atomic E-state index is 6.21. The zero-order chi connectivity index (χ0) is 10.7. The molecule has 1 aliphatic rings. The summed E-state index contributed by atoms with van der Waals surface area (Å²) in [6, 6.07) is 2.24. The average Bonchev–Trinajstić information content (AvgIpc) is 2.07. The van der Waals surface area contributed by atoms with Crippen molar-refractivity contribution >= 4 is 0 Å². The lowest BCUT2D eigenvalue weighted by Crippen LogP contribution is -2.54. The minimum Gasteiger partial charge on any atom is -0.326 e. The van der Waals surface area contributed by atoms with Gasteiger partial charge in [-0.15, -0.1) is 0 Å². The molecule has 1 saturated carbocycles. The number of hydrogen-bond acceptors (Lipinski definition) is 2. The summed E-state index contributed by atoms with van der Waals surface area (Å²) < 4.78 is 0. The molecule has 1 fully saturated rings. The van der Waals surface area contributed by atoms with Gasteiger partial charge in [0, 0.05) is 24.2 Å². The topological polar surface area (TPSA) is 29.3 Å². The van der Waals surface area contributed by atoms with E-state index in [1.165, 1.54) is 25.7 Å². The van der Waals surface area contributed by atoms with Crippen LogP contribution in [0.5, 0.6) is 0 Å². The Morgan fingerprint density at radius 1 is 1.00 bits per heavy atom. The van der Waals surface area contributed by atoms with Crippen molar-refractivity contribution in [2.45, 2.75) is 77.5 Å². The molecule has 0 bridgehead atoms. The average molecular weight is 198 g/mol. The largest absolute Gasteiger partial charge is 0.326 e. The summed E-state index contributed by atoms with van der Waals surface area (Å²) in [6.07, 6.45) is 5.17. The molecule has 2 atom stereocenters. The molecule has 0 aromatic carbocycles. The molecule has 2 N–H and O–H groups in total. The number of hydrogen-bond donors (Lipinski definition) is 1. The summed E-state index contributed by atoms with van der Waals surface area (Å²) in [5, 5.41) is 0. The first-order chi connectivity index (χ1) is 6.54. The van der Waals surface area contributed by atoms with Crippen LogP contribution in [0, 0.1) is 0 Å². The Morgan fingerprint density at radius 2 is 1.50 bits per heavy atom. The van der Waals surface area contributed by atoms with E-state index in [0.29, 0.717) is 24.2 Å². The first-order valence-electron chi connectivity index (χ1n) is 6.07. The lowest BCUT2D eigenvalue weighted by atomic mass is 9.88. The lowest BCUT2D eigenvalue weighted by molar-refractivity contribution is 0.0732. The Kier molecular flexibility index (Phi) is 4.39. The third-order valence-corrected chi connectivity index (χ3v) is 3.36. The number of rotatable bonds is 3. The SMILES string of the molecule is CC(C)N(C(C)C)[C@@H]1CCCC[C@H]1N. The second-order valence-corrected chi connectivity index (χ2v) is 5.15. The van der Waals surface area contributed by atoms with Crippen LogP contribution in [0.2, 0.25) is 0 Å². The summed E-state index contributed by atoms with van der Waals surface area (Å²) >= 11 is 0. The van der Waals surface area contributed by atoms with Crippen LogP contribution in [0.25, 0.3) is 0 Å². The zero-order valence-corrected chi connectivity index (χ0v) is 10.2. The van der Waals surface area contributed by atoms with Crippen molar-refractivity contribution in [3.63, 3.8) is 0 Å². The fourth-order valence-corrected chi connectivity index (χ4v) is 2.87. The first kappa shape index (κ1) is 12.0. The van der Waals surface area contributed by atoms with Gasteiger partial charge >= 0.3 is 0 Å². The van der Waals surface area contributed by atoms with Crippen LogP contribution in [-0.2, 0) is 0 Å². The molecule has 84 valence electrons. The Bertz CT molecular complexity index is 158. The molecule has 0 heterocycles. The fraction of sp³-hybridized carbons (Fsp3) is 1.00. The van der Waals surface area contributed by atoms with Crippen molar-refractivity contribution in [3.8, 4) is 0 Å². The van der Waals surface area contributed by atoms with Crippen molar-refractivity contribution < 1.29 is 0 Å². The van der Waals surface area contributed by atoms with E-state index in [2.05, 4.69) is 32.6 Å². The lowest BCUT2D eigenvalue weighted by Gasteiger charge is -2.43. The van der Waals surface area contributed by atoms with Gasteiger partial charge in [0.25, 0.3) is 0 Å². The van der Waals surface area contributed by atoms with Crippen LogP contribution in [0.3, 0.4) is 0 Å². The molecule has 0 unspecified atom stereocenters. The molecule has 0 radical (unpaired) electrons. The molecular formula is C12H26N2. The molecule has 1 rings (SSSR count). The van der Waals surface area contributed by atoms with Gasteiger partial charge < -0.3 is 5.73 Å². The molecule has 14 heavy (non-hydrogen) atoms. The standard InChI is InChI=1S/C12H26N2/c1-9(2)14(10(3)4)12-8-6-5-7-11(12)13/h9-12H,5-8,13H2,1-4H3/t11-,12-/m1/s1. The Labute approximate surface area is 88.8 Å². The minimum atomic E-state index is 0.397. The van der Waals surface area contributed by atoms with E-state index in [1.54, 1.807) is 0 Å². The van der Waals surface area contributed by atoms with Gasteiger partial charge in [0.2, 0.25) is 0 Å². The monoisotopic (exact) mass is 198 g/mol. The maximum atomic E-state index is 6.21. The van der Waals surface area contributed by atoms with Gasteiger partial charge in [-0.1, -0.05) is 12.8 Å². The van der Waals surface area contributed by atoms with Crippen LogP contribution in [0.4, 0.5) is 0 Å². The van der Waals surface area contributed by atoms with Gasteiger partial charge in [-0.3, -0.25) is 4.90 Å². The van der Waals surface area contributed by atoms with Gasteiger partial charge in [-0.2, -0.15) is 0 Å². The Hall–Kier alpha value is -0.0800. The summed E-state index contributed by atoms with van der Waals surface area (Å²) in [4.78, 5) is 2.59. The van der Waals surface area contributed by atoms with Crippen molar-refractivity contribution in [2.75, 3.05) is 0 Å². The third kappa shape index (κ3) is 2.71. The molecule has 0 amide bonds.